The van der Waals surface area contributed by atoms with Gasteiger partial charge in [0.15, 0.2) is 5.69 Å². The summed E-state index contributed by atoms with van der Waals surface area (Å²) in [5, 5.41) is 13.6. The highest BCUT2D eigenvalue weighted by molar-refractivity contribution is 5.71. The highest BCUT2D eigenvalue weighted by Gasteiger charge is 2.33. The number of nitrogens with one attached hydrogen (secondary N) is 2. The molecule has 0 fully saturated rings. The SMILES string of the molecule is O=C(O)CNc1nc(NCCc2ccccn2)cc(C(F)(F)F)n1. The predicted molar refractivity (Wildman–Crippen MR) is 79.6 cm³/mol. The molecule has 0 unspecified atom stereocenters. The van der Waals surface area contributed by atoms with Crippen molar-refractivity contribution >= 4 is 17.7 Å². The molecule has 0 spiro atoms. The first-order chi connectivity index (χ1) is 11.3. The minimum Gasteiger partial charge on any atom is -0.480 e. The van der Waals surface area contributed by atoms with Crippen LogP contribution in [0.5, 0.6) is 0 Å². The molecule has 2 aromatic heterocycles. The summed E-state index contributed by atoms with van der Waals surface area (Å²) in [6.07, 6.45) is -2.56. The van der Waals surface area contributed by atoms with Crippen molar-refractivity contribution in [2.75, 3.05) is 23.7 Å². The second-order valence-electron chi connectivity index (χ2n) is 4.70. The van der Waals surface area contributed by atoms with Gasteiger partial charge < -0.3 is 15.7 Å². The number of halogens is 3. The number of rotatable bonds is 7. The average Bonchev–Trinajstić information content (AvgIpc) is 2.53. The minimum atomic E-state index is -4.67. The molecule has 0 aromatic carbocycles. The van der Waals surface area contributed by atoms with Crippen LogP contribution in [0.25, 0.3) is 0 Å². The molecule has 24 heavy (non-hydrogen) atoms. The molecule has 0 atom stereocenters. The number of nitrogens with zero attached hydrogens (tertiary/aromatic N) is 3. The highest BCUT2D eigenvalue weighted by atomic mass is 19.4. The van der Waals surface area contributed by atoms with Gasteiger partial charge in [0.1, 0.15) is 12.4 Å². The van der Waals surface area contributed by atoms with Gasteiger partial charge in [-0.1, -0.05) is 6.07 Å². The lowest BCUT2D eigenvalue weighted by atomic mass is 10.2. The lowest BCUT2D eigenvalue weighted by molar-refractivity contribution is -0.141. The largest absolute Gasteiger partial charge is 0.480 e. The number of carboxylic acids is 1. The number of hydrogen-bond donors (Lipinski definition) is 3. The average molecular weight is 341 g/mol. The summed E-state index contributed by atoms with van der Waals surface area (Å²) < 4.78 is 38.6. The van der Waals surface area contributed by atoms with Gasteiger partial charge in [0, 0.05) is 30.9 Å². The lowest BCUT2D eigenvalue weighted by Gasteiger charge is -2.12. The van der Waals surface area contributed by atoms with Crippen LogP contribution in [0.15, 0.2) is 30.5 Å². The monoisotopic (exact) mass is 341 g/mol. The Kier molecular flexibility index (Phi) is 5.51. The second kappa shape index (κ2) is 7.57. The third-order valence-electron chi connectivity index (χ3n) is 2.83. The summed E-state index contributed by atoms with van der Waals surface area (Å²) in [7, 11) is 0. The standard InChI is InChI=1S/C14H14F3N5O2/c15-14(16,17)10-7-11(22-13(21-10)20-8-12(23)24)19-6-4-9-3-1-2-5-18-9/h1-3,5,7H,4,6,8H2,(H,23,24)(H2,19,20,21,22). The van der Waals surface area contributed by atoms with Crippen molar-refractivity contribution in [1.82, 2.24) is 15.0 Å². The van der Waals surface area contributed by atoms with Crippen LogP contribution in [0.1, 0.15) is 11.4 Å². The van der Waals surface area contributed by atoms with Gasteiger partial charge in [-0.2, -0.15) is 18.2 Å². The molecule has 0 aliphatic carbocycles. The van der Waals surface area contributed by atoms with Gasteiger partial charge >= 0.3 is 12.1 Å². The molecule has 0 aliphatic rings. The Labute approximate surface area is 135 Å². The zero-order valence-electron chi connectivity index (χ0n) is 12.3. The van der Waals surface area contributed by atoms with Crippen LogP contribution in [0.4, 0.5) is 24.9 Å². The van der Waals surface area contributed by atoms with Crippen LogP contribution in [-0.4, -0.2) is 39.1 Å². The van der Waals surface area contributed by atoms with Gasteiger partial charge in [0.2, 0.25) is 5.95 Å². The maximum absolute atomic E-state index is 12.9. The fourth-order valence-corrected chi connectivity index (χ4v) is 1.78. The van der Waals surface area contributed by atoms with Crippen molar-refractivity contribution in [2.24, 2.45) is 0 Å². The van der Waals surface area contributed by atoms with Crippen LogP contribution >= 0.6 is 0 Å². The first-order valence-electron chi connectivity index (χ1n) is 6.90. The van der Waals surface area contributed by atoms with E-state index in [1.807, 2.05) is 6.07 Å². The Morgan fingerprint density at radius 2 is 2.00 bits per heavy atom. The molecule has 10 heteroatoms. The molecule has 2 heterocycles. The van der Waals surface area contributed by atoms with E-state index >= 15 is 0 Å². The molecular weight excluding hydrogens is 327 g/mol. The zero-order chi connectivity index (χ0) is 17.6. The third kappa shape index (κ3) is 5.38. The molecule has 0 saturated carbocycles. The van der Waals surface area contributed by atoms with Crippen molar-refractivity contribution < 1.29 is 23.1 Å². The molecular formula is C14H14F3N5O2. The molecule has 2 aromatic rings. The van der Waals surface area contributed by atoms with Gasteiger partial charge in [0.25, 0.3) is 0 Å². The van der Waals surface area contributed by atoms with Gasteiger partial charge in [-0.15, -0.1) is 0 Å². The number of carboxylic acid groups (broad SMARTS) is 1. The molecule has 0 aliphatic heterocycles. The van der Waals surface area contributed by atoms with E-state index in [1.165, 1.54) is 0 Å². The number of aliphatic carboxylic acids is 1. The highest BCUT2D eigenvalue weighted by Crippen LogP contribution is 2.29. The van der Waals surface area contributed by atoms with Crippen molar-refractivity contribution in [3.8, 4) is 0 Å². The van der Waals surface area contributed by atoms with E-state index in [9.17, 15) is 18.0 Å². The Balaban J connectivity index is 2.09. The van der Waals surface area contributed by atoms with Crippen LogP contribution in [-0.2, 0) is 17.4 Å². The van der Waals surface area contributed by atoms with E-state index in [0.717, 1.165) is 11.8 Å². The fraction of sp³-hybridized carbons (Fsp3) is 0.286. The molecule has 2 rings (SSSR count). The number of pyridine rings is 1. The topological polar surface area (TPSA) is 100 Å². The summed E-state index contributed by atoms with van der Waals surface area (Å²) in [6.45, 7) is -0.279. The van der Waals surface area contributed by atoms with E-state index in [1.54, 1.807) is 18.3 Å². The number of carbonyl (C=O) groups is 1. The van der Waals surface area contributed by atoms with Crippen molar-refractivity contribution in [2.45, 2.75) is 12.6 Å². The Hall–Kier alpha value is -2.91. The number of hydrogen-bond acceptors (Lipinski definition) is 6. The second-order valence-corrected chi connectivity index (χ2v) is 4.70. The molecule has 0 amide bonds. The third-order valence-corrected chi connectivity index (χ3v) is 2.83. The first kappa shape index (κ1) is 17.4. The number of alkyl halides is 3. The maximum atomic E-state index is 12.9. The summed E-state index contributed by atoms with van der Waals surface area (Å²) in [4.78, 5) is 21.7. The summed E-state index contributed by atoms with van der Waals surface area (Å²) in [6, 6.07) is 6.13. The molecule has 3 N–H and O–H groups in total. The number of aromatic nitrogens is 3. The van der Waals surface area contributed by atoms with Crippen LogP contribution in [0, 0.1) is 0 Å². The molecule has 0 radical (unpaired) electrons. The molecule has 128 valence electrons. The van der Waals surface area contributed by atoms with E-state index < -0.39 is 30.3 Å². The summed E-state index contributed by atoms with van der Waals surface area (Å²) in [5.74, 6) is -1.70. The van der Waals surface area contributed by atoms with E-state index in [0.29, 0.717) is 13.0 Å². The Morgan fingerprint density at radius 1 is 1.21 bits per heavy atom. The normalized spacial score (nSPS) is 11.1. The van der Waals surface area contributed by atoms with E-state index in [-0.39, 0.29) is 5.82 Å². The van der Waals surface area contributed by atoms with Gasteiger partial charge in [-0.3, -0.25) is 9.78 Å². The van der Waals surface area contributed by atoms with Gasteiger partial charge in [-0.05, 0) is 12.1 Å². The first-order valence-corrected chi connectivity index (χ1v) is 6.90. The zero-order valence-corrected chi connectivity index (χ0v) is 12.3. The quantitative estimate of drug-likeness (QED) is 0.708. The lowest BCUT2D eigenvalue weighted by Crippen LogP contribution is -2.18. The summed E-state index contributed by atoms with van der Waals surface area (Å²) in [5.41, 5.74) is -0.384. The van der Waals surface area contributed by atoms with Crippen LogP contribution in [0.2, 0.25) is 0 Å². The van der Waals surface area contributed by atoms with E-state index in [2.05, 4.69) is 25.6 Å². The molecule has 0 saturated heterocycles. The van der Waals surface area contributed by atoms with Crippen molar-refractivity contribution in [3.63, 3.8) is 0 Å². The van der Waals surface area contributed by atoms with Crippen LogP contribution < -0.4 is 10.6 Å². The molecule has 7 nitrogen and oxygen atoms in total. The Bertz CT molecular complexity index is 695. The van der Waals surface area contributed by atoms with Gasteiger partial charge in [0.05, 0.1) is 0 Å². The van der Waals surface area contributed by atoms with Crippen molar-refractivity contribution in [3.05, 3.63) is 41.9 Å². The molecule has 0 bridgehead atoms. The summed E-state index contributed by atoms with van der Waals surface area (Å²) >= 11 is 0. The number of anilines is 2. The Morgan fingerprint density at radius 3 is 2.62 bits per heavy atom. The van der Waals surface area contributed by atoms with E-state index in [4.69, 9.17) is 5.11 Å². The van der Waals surface area contributed by atoms with Crippen molar-refractivity contribution in [1.29, 1.82) is 0 Å². The minimum absolute atomic E-state index is 0.0545. The van der Waals surface area contributed by atoms with Crippen LogP contribution in [0.3, 0.4) is 0 Å². The maximum Gasteiger partial charge on any atom is 0.433 e. The smallest absolute Gasteiger partial charge is 0.433 e. The predicted octanol–water partition coefficient (Wildman–Crippen LogP) is 2.04. The fourth-order valence-electron chi connectivity index (χ4n) is 1.78. The van der Waals surface area contributed by atoms with Gasteiger partial charge in [-0.25, -0.2) is 4.98 Å².